The Bertz CT molecular complexity index is 475. The molecule has 0 unspecified atom stereocenters. The third-order valence-corrected chi connectivity index (χ3v) is 3.65. The monoisotopic (exact) mass is 255 g/mol. The Morgan fingerprint density at radius 2 is 2.38 bits per heavy atom. The molecule has 0 spiro atoms. The smallest absolute Gasteiger partial charge is 0.210 e. The number of guanidine groups is 1. The number of fused-ring (bicyclic) bond motifs is 1. The molecule has 0 radical (unpaired) electrons. The summed E-state index contributed by atoms with van der Waals surface area (Å²) in [5.74, 6) is 0.859. The summed E-state index contributed by atoms with van der Waals surface area (Å²) in [5.41, 5.74) is 8.32. The van der Waals surface area contributed by atoms with Gasteiger partial charge in [0.1, 0.15) is 0 Å². The molecule has 3 rings (SSSR count). The molecule has 2 aliphatic heterocycles. The Morgan fingerprint density at radius 1 is 1.50 bits per heavy atom. The normalized spacial score (nSPS) is 17.8. The molecule has 2 aliphatic rings. The SMILES string of the molecule is Nc1c(Cl)ccc2c1NSN2C1=NCCN1. The van der Waals surface area contributed by atoms with Crippen LogP contribution in [0.5, 0.6) is 0 Å². The van der Waals surface area contributed by atoms with Crippen molar-refractivity contribution in [1.29, 1.82) is 0 Å². The summed E-state index contributed by atoms with van der Waals surface area (Å²) in [4.78, 5) is 4.37. The minimum Gasteiger partial charge on any atom is -0.396 e. The number of hydrogen-bond donors (Lipinski definition) is 3. The summed E-state index contributed by atoms with van der Waals surface area (Å²) in [5, 5.41) is 3.78. The molecule has 0 amide bonds. The Kier molecular flexibility index (Phi) is 2.26. The zero-order valence-electron chi connectivity index (χ0n) is 8.33. The highest BCUT2D eigenvalue weighted by Gasteiger charge is 2.28. The molecule has 5 nitrogen and oxygen atoms in total. The number of aliphatic imine (C=N–C) groups is 1. The molecule has 0 fully saturated rings. The lowest BCUT2D eigenvalue weighted by Crippen LogP contribution is -2.32. The summed E-state index contributed by atoms with van der Waals surface area (Å²) in [7, 11) is 0. The van der Waals surface area contributed by atoms with Crippen LogP contribution in [-0.2, 0) is 0 Å². The summed E-state index contributed by atoms with van der Waals surface area (Å²) in [6.07, 6.45) is 0. The van der Waals surface area contributed by atoms with Gasteiger partial charge in [-0.25, -0.2) is 4.31 Å². The fraction of sp³-hybridized carbons (Fsp3) is 0.222. The third kappa shape index (κ3) is 1.37. The number of hydrogen-bond acceptors (Lipinski definition) is 6. The van der Waals surface area contributed by atoms with E-state index in [4.69, 9.17) is 17.3 Å². The van der Waals surface area contributed by atoms with Gasteiger partial charge in [0.2, 0.25) is 5.96 Å². The van der Waals surface area contributed by atoms with Gasteiger partial charge in [0, 0.05) is 6.54 Å². The van der Waals surface area contributed by atoms with Gasteiger partial charge in [-0.05, 0) is 12.1 Å². The van der Waals surface area contributed by atoms with Crippen molar-refractivity contribution in [3.8, 4) is 0 Å². The molecule has 7 heteroatoms. The number of nitrogens with two attached hydrogens (primary N) is 1. The first-order valence-electron chi connectivity index (χ1n) is 4.87. The van der Waals surface area contributed by atoms with Crippen molar-refractivity contribution < 1.29 is 0 Å². The van der Waals surface area contributed by atoms with E-state index in [0.29, 0.717) is 10.7 Å². The van der Waals surface area contributed by atoms with Crippen molar-refractivity contribution in [2.45, 2.75) is 0 Å². The molecular formula is C9H10ClN5S. The Balaban J connectivity index is 2.03. The van der Waals surface area contributed by atoms with E-state index in [1.54, 1.807) is 6.07 Å². The van der Waals surface area contributed by atoms with E-state index in [-0.39, 0.29) is 0 Å². The average molecular weight is 256 g/mol. The molecule has 0 saturated heterocycles. The molecule has 0 bridgehead atoms. The van der Waals surface area contributed by atoms with Gasteiger partial charge in [0.15, 0.2) is 0 Å². The van der Waals surface area contributed by atoms with Gasteiger partial charge in [-0.3, -0.25) is 4.99 Å². The van der Waals surface area contributed by atoms with Crippen LogP contribution < -0.4 is 20.1 Å². The molecule has 0 atom stereocenters. The molecule has 0 saturated carbocycles. The predicted octanol–water partition coefficient (Wildman–Crippen LogP) is 1.68. The fourth-order valence-corrected chi connectivity index (χ4v) is 2.69. The van der Waals surface area contributed by atoms with Crippen molar-refractivity contribution >= 4 is 46.8 Å². The molecule has 0 aromatic heterocycles. The highest BCUT2D eigenvalue weighted by molar-refractivity contribution is 8.03. The van der Waals surface area contributed by atoms with Crippen LogP contribution in [0.15, 0.2) is 17.1 Å². The number of benzene rings is 1. The second-order valence-electron chi connectivity index (χ2n) is 3.48. The lowest BCUT2D eigenvalue weighted by molar-refractivity contribution is 0.957. The maximum atomic E-state index is 5.96. The second kappa shape index (κ2) is 3.64. The zero-order chi connectivity index (χ0) is 11.1. The van der Waals surface area contributed by atoms with Crippen molar-refractivity contribution in [2.24, 2.45) is 4.99 Å². The van der Waals surface area contributed by atoms with Crippen LogP contribution >= 0.6 is 23.7 Å². The van der Waals surface area contributed by atoms with E-state index in [1.165, 1.54) is 12.1 Å². The van der Waals surface area contributed by atoms with Crippen molar-refractivity contribution in [2.75, 3.05) is 27.9 Å². The first-order chi connectivity index (χ1) is 7.77. The van der Waals surface area contributed by atoms with Crippen molar-refractivity contribution in [1.82, 2.24) is 5.32 Å². The van der Waals surface area contributed by atoms with Crippen molar-refractivity contribution in [3.05, 3.63) is 17.2 Å². The summed E-state index contributed by atoms with van der Waals surface area (Å²) < 4.78 is 5.13. The predicted molar refractivity (Wildman–Crippen MR) is 69.9 cm³/mol. The highest BCUT2D eigenvalue weighted by atomic mass is 35.5. The van der Waals surface area contributed by atoms with E-state index in [2.05, 4.69) is 15.0 Å². The quantitative estimate of drug-likeness (QED) is 0.486. The van der Waals surface area contributed by atoms with Crippen LogP contribution in [0.25, 0.3) is 0 Å². The van der Waals surface area contributed by atoms with Gasteiger partial charge in [0.05, 0.1) is 40.8 Å². The maximum absolute atomic E-state index is 5.96. The van der Waals surface area contributed by atoms with Gasteiger partial charge < -0.3 is 15.8 Å². The number of anilines is 3. The van der Waals surface area contributed by atoms with E-state index < -0.39 is 0 Å². The number of nitrogens with one attached hydrogen (secondary N) is 2. The van der Waals surface area contributed by atoms with Crippen LogP contribution in [-0.4, -0.2) is 19.0 Å². The van der Waals surface area contributed by atoms with Gasteiger partial charge >= 0.3 is 0 Å². The van der Waals surface area contributed by atoms with E-state index >= 15 is 0 Å². The minimum atomic E-state index is 0.565. The van der Waals surface area contributed by atoms with Crippen LogP contribution in [0.3, 0.4) is 0 Å². The summed E-state index contributed by atoms with van der Waals surface area (Å²) in [6.45, 7) is 1.69. The molecule has 84 valence electrons. The molecule has 1 aromatic rings. The van der Waals surface area contributed by atoms with Crippen molar-refractivity contribution in [3.63, 3.8) is 0 Å². The molecule has 0 aliphatic carbocycles. The van der Waals surface area contributed by atoms with E-state index in [9.17, 15) is 0 Å². The first kappa shape index (κ1) is 9.92. The highest BCUT2D eigenvalue weighted by Crippen LogP contribution is 2.45. The van der Waals surface area contributed by atoms with Gasteiger partial charge in [-0.1, -0.05) is 11.6 Å². The topological polar surface area (TPSA) is 65.7 Å². The molecular weight excluding hydrogens is 246 g/mol. The standard InChI is InChI=1S/C9H10ClN5S/c10-5-1-2-6-8(7(5)11)14-16-15(6)9-12-3-4-13-9/h1-2,14H,3-4,11H2,(H,12,13). The Hall–Kier alpha value is -1.27. The van der Waals surface area contributed by atoms with E-state index in [0.717, 1.165) is 30.4 Å². The van der Waals surface area contributed by atoms with Crippen LogP contribution in [0, 0.1) is 0 Å². The number of nitrogen functional groups attached to an aromatic ring is 1. The van der Waals surface area contributed by atoms with Crippen LogP contribution in [0.4, 0.5) is 17.1 Å². The Morgan fingerprint density at radius 3 is 3.12 bits per heavy atom. The lowest BCUT2D eigenvalue weighted by atomic mass is 10.2. The zero-order valence-corrected chi connectivity index (χ0v) is 9.90. The number of rotatable bonds is 0. The Labute approximate surface area is 102 Å². The third-order valence-electron chi connectivity index (χ3n) is 2.48. The minimum absolute atomic E-state index is 0.565. The molecule has 2 heterocycles. The second-order valence-corrected chi connectivity index (χ2v) is 4.63. The number of halogens is 1. The fourth-order valence-electron chi connectivity index (χ4n) is 1.68. The summed E-state index contributed by atoms with van der Waals surface area (Å²) >= 11 is 7.40. The lowest BCUT2D eigenvalue weighted by Gasteiger charge is -2.15. The average Bonchev–Trinajstić information content (AvgIpc) is 2.91. The largest absolute Gasteiger partial charge is 0.396 e. The molecule has 4 N–H and O–H groups in total. The van der Waals surface area contributed by atoms with Gasteiger partial charge in [-0.2, -0.15) is 0 Å². The first-order valence-corrected chi connectivity index (χ1v) is 6.02. The summed E-state index contributed by atoms with van der Waals surface area (Å²) in [6, 6.07) is 3.73. The molecule has 1 aromatic carbocycles. The van der Waals surface area contributed by atoms with Gasteiger partial charge in [0.25, 0.3) is 0 Å². The van der Waals surface area contributed by atoms with E-state index in [1.807, 2.05) is 10.4 Å². The maximum Gasteiger partial charge on any atom is 0.210 e. The molecule has 16 heavy (non-hydrogen) atoms. The van der Waals surface area contributed by atoms with Gasteiger partial charge in [-0.15, -0.1) is 0 Å². The van der Waals surface area contributed by atoms with Crippen LogP contribution in [0.2, 0.25) is 5.02 Å². The number of nitrogens with zero attached hydrogens (tertiary/aromatic N) is 2. The van der Waals surface area contributed by atoms with Crippen LogP contribution in [0.1, 0.15) is 0 Å².